The molecule has 0 saturated carbocycles. The number of nitrogens with one attached hydrogen (secondary N) is 1. The van der Waals surface area contributed by atoms with Gasteiger partial charge in [0.25, 0.3) is 0 Å². The van der Waals surface area contributed by atoms with Crippen LogP contribution in [0.4, 0.5) is 0 Å². The minimum absolute atomic E-state index is 0.159. The second-order valence-corrected chi connectivity index (χ2v) is 4.11. The van der Waals surface area contributed by atoms with Crippen LogP contribution in [0.15, 0.2) is 23.1 Å². The highest BCUT2D eigenvalue weighted by atomic mass is 16.5. The number of rotatable bonds is 3. The highest BCUT2D eigenvalue weighted by Gasteiger charge is 2.28. The molecule has 0 atom stereocenters. The SMILES string of the molecule is COC(=O)C(C)(C)Cc1cc[nH]c(=O)c1. The van der Waals surface area contributed by atoms with E-state index in [9.17, 15) is 9.59 Å². The molecule has 1 N–H and O–H groups in total. The number of carbonyl (C=O) groups excluding carboxylic acids is 1. The molecule has 1 aromatic heterocycles. The van der Waals surface area contributed by atoms with Crippen LogP contribution < -0.4 is 5.56 Å². The number of methoxy groups -OCH3 is 1. The van der Waals surface area contributed by atoms with Crippen molar-refractivity contribution < 1.29 is 9.53 Å². The second-order valence-electron chi connectivity index (χ2n) is 4.11. The van der Waals surface area contributed by atoms with Crippen LogP contribution >= 0.6 is 0 Å². The number of ether oxygens (including phenoxy) is 1. The van der Waals surface area contributed by atoms with E-state index in [0.29, 0.717) is 6.42 Å². The minimum atomic E-state index is -0.609. The van der Waals surface area contributed by atoms with Crippen LogP contribution in [0.3, 0.4) is 0 Å². The zero-order chi connectivity index (χ0) is 11.5. The summed E-state index contributed by atoms with van der Waals surface area (Å²) < 4.78 is 4.69. The Kier molecular flexibility index (Phi) is 3.29. The molecule has 1 heterocycles. The number of aromatic amines is 1. The van der Waals surface area contributed by atoms with Crippen molar-refractivity contribution in [1.82, 2.24) is 4.98 Å². The van der Waals surface area contributed by atoms with Gasteiger partial charge in [-0.3, -0.25) is 9.59 Å². The van der Waals surface area contributed by atoms with Gasteiger partial charge in [0.2, 0.25) is 5.56 Å². The first-order chi connectivity index (χ1) is 6.95. The van der Waals surface area contributed by atoms with E-state index in [-0.39, 0.29) is 11.5 Å². The van der Waals surface area contributed by atoms with Crippen LogP contribution in [0.1, 0.15) is 19.4 Å². The van der Waals surface area contributed by atoms with E-state index in [1.165, 1.54) is 13.2 Å². The molecule has 0 aromatic carbocycles. The zero-order valence-electron chi connectivity index (χ0n) is 9.16. The molecule has 0 saturated heterocycles. The molecule has 1 rings (SSSR count). The maximum Gasteiger partial charge on any atom is 0.311 e. The fourth-order valence-corrected chi connectivity index (χ4v) is 1.46. The maximum atomic E-state index is 11.4. The van der Waals surface area contributed by atoms with Crippen molar-refractivity contribution in [3.8, 4) is 0 Å². The summed E-state index contributed by atoms with van der Waals surface area (Å²) in [5.41, 5.74) is 0.0602. The Labute approximate surface area is 88.3 Å². The smallest absolute Gasteiger partial charge is 0.311 e. The number of H-pyrrole nitrogens is 1. The van der Waals surface area contributed by atoms with E-state index in [1.54, 1.807) is 26.1 Å². The van der Waals surface area contributed by atoms with Gasteiger partial charge in [0.1, 0.15) is 0 Å². The number of pyridine rings is 1. The van der Waals surface area contributed by atoms with Crippen LogP contribution in [0.2, 0.25) is 0 Å². The summed E-state index contributed by atoms with van der Waals surface area (Å²) in [5, 5.41) is 0. The van der Waals surface area contributed by atoms with E-state index in [4.69, 9.17) is 4.74 Å². The normalized spacial score (nSPS) is 11.1. The van der Waals surface area contributed by atoms with Gasteiger partial charge in [-0.15, -0.1) is 0 Å². The average molecular weight is 209 g/mol. The van der Waals surface area contributed by atoms with Crippen molar-refractivity contribution in [3.05, 3.63) is 34.2 Å². The van der Waals surface area contributed by atoms with Gasteiger partial charge < -0.3 is 9.72 Å². The number of hydrogen-bond acceptors (Lipinski definition) is 3. The van der Waals surface area contributed by atoms with Gasteiger partial charge in [-0.2, -0.15) is 0 Å². The minimum Gasteiger partial charge on any atom is -0.469 e. The number of hydrogen-bond donors (Lipinski definition) is 1. The average Bonchev–Trinajstić information content (AvgIpc) is 2.15. The van der Waals surface area contributed by atoms with Crippen molar-refractivity contribution in [1.29, 1.82) is 0 Å². The van der Waals surface area contributed by atoms with E-state index in [0.717, 1.165) is 5.56 Å². The Bertz CT molecular complexity index is 406. The summed E-state index contributed by atoms with van der Waals surface area (Å²) in [6.07, 6.45) is 2.06. The lowest BCUT2D eigenvalue weighted by molar-refractivity contribution is -0.150. The molecule has 0 radical (unpaired) electrons. The Morgan fingerprint density at radius 1 is 1.53 bits per heavy atom. The lowest BCUT2D eigenvalue weighted by Crippen LogP contribution is -2.28. The molecule has 1 aromatic rings. The first kappa shape index (κ1) is 11.5. The third-order valence-electron chi connectivity index (χ3n) is 2.22. The van der Waals surface area contributed by atoms with Crippen molar-refractivity contribution in [2.24, 2.45) is 5.41 Å². The fourth-order valence-electron chi connectivity index (χ4n) is 1.46. The summed E-state index contributed by atoms with van der Waals surface area (Å²) in [7, 11) is 1.36. The molecule has 0 bridgehead atoms. The fraction of sp³-hybridized carbons (Fsp3) is 0.455. The molecule has 0 amide bonds. The molecule has 0 aliphatic rings. The topological polar surface area (TPSA) is 59.2 Å². The molecule has 0 aliphatic heterocycles. The van der Waals surface area contributed by atoms with Gasteiger partial charge in [-0.05, 0) is 31.9 Å². The van der Waals surface area contributed by atoms with Crippen molar-refractivity contribution in [2.75, 3.05) is 7.11 Å². The van der Waals surface area contributed by atoms with Gasteiger partial charge in [0, 0.05) is 12.3 Å². The third-order valence-corrected chi connectivity index (χ3v) is 2.22. The quantitative estimate of drug-likeness (QED) is 0.759. The summed E-state index contributed by atoms with van der Waals surface area (Å²) >= 11 is 0. The zero-order valence-corrected chi connectivity index (χ0v) is 9.16. The van der Waals surface area contributed by atoms with Crippen LogP contribution in [0.5, 0.6) is 0 Å². The molecule has 15 heavy (non-hydrogen) atoms. The lowest BCUT2D eigenvalue weighted by Gasteiger charge is -2.20. The van der Waals surface area contributed by atoms with E-state index in [2.05, 4.69) is 4.98 Å². The van der Waals surface area contributed by atoms with Gasteiger partial charge in [-0.1, -0.05) is 0 Å². The number of carbonyl (C=O) groups is 1. The van der Waals surface area contributed by atoms with Crippen molar-refractivity contribution >= 4 is 5.97 Å². The molecule has 0 fully saturated rings. The Morgan fingerprint density at radius 3 is 2.73 bits per heavy atom. The number of aromatic nitrogens is 1. The molecular formula is C11H15NO3. The van der Waals surface area contributed by atoms with Gasteiger partial charge >= 0.3 is 5.97 Å². The highest BCUT2D eigenvalue weighted by Crippen LogP contribution is 2.22. The predicted octanol–water partition coefficient (Wildman–Crippen LogP) is 1.12. The van der Waals surface area contributed by atoms with Gasteiger partial charge in [0.05, 0.1) is 12.5 Å². The summed E-state index contributed by atoms with van der Waals surface area (Å²) in [4.78, 5) is 25.0. The van der Waals surface area contributed by atoms with Crippen molar-refractivity contribution in [2.45, 2.75) is 20.3 Å². The first-order valence-electron chi connectivity index (χ1n) is 4.72. The second kappa shape index (κ2) is 4.29. The van der Waals surface area contributed by atoms with Crippen LogP contribution in [-0.4, -0.2) is 18.1 Å². The van der Waals surface area contributed by atoms with Gasteiger partial charge in [0.15, 0.2) is 0 Å². The van der Waals surface area contributed by atoms with Crippen LogP contribution in [-0.2, 0) is 16.0 Å². The molecule has 0 aliphatic carbocycles. The monoisotopic (exact) mass is 209 g/mol. The van der Waals surface area contributed by atoms with E-state index in [1.807, 2.05) is 0 Å². The summed E-state index contributed by atoms with van der Waals surface area (Å²) in [6, 6.07) is 3.27. The van der Waals surface area contributed by atoms with E-state index < -0.39 is 5.41 Å². The maximum absolute atomic E-state index is 11.4. The molecule has 82 valence electrons. The molecule has 0 spiro atoms. The Balaban J connectivity index is 2.86. The van der Waals surface area contributed by atoms with Crippen LogP contribution in [0, 0.1) is 5.41 Å². The first-order valence-corrected chi connectivity index (χ1v) is 4.72. The molecule has 4 nitrogen and oxygen atoms in total. The Hall–Kier alpha value is -1.58. The molecule has 0 unspecified atom stereocenters. The number of esters is 1. The Morgan fingerprint density at radius 2 is 2.20 bits per heavy atom. The molecule has 4 heteroatoms. The molecular weight excluding hydrogens is 194 g/mol. The lowest BCUT2D eigenvalue weighted by atomic mass is 9.86. The third kappa shape index (κ3) is 2.94. The van der Waals surface area contributed by atoms with E-state index >= 15 is 0 Å². The highest BCUT2D eigenvalue weighted by molar-refractivity contribution is 5.76. The predicted molar refractivity (Wildman–Crippen MR) is 56.6 cm³/mol. The summed E-state index contributed by atoms with van der Waals surface area (Å²) in [6.45, 7) is 3.58. The largest absolute Gasteiger partial charge is 0.469 e. The van der Waals surface area contributed by atoms with Gasteiger partial charge in [-0.25, -0.2) is 0 Å². The van der Waals surface area contributed by atoms with Crippen molar-refractivity contribution in [3.63, 3.8) is 0 Å². The van der Waals surface area contributed by atoms with Crippen LogP contribution in [0.25, 0.3) is 0 Å². The standard InChI is InChI=1S/C11H15NO3/c1-11(2,10(14)15-3)7-8-4-5-12-9(13)6-8/h4-6H,7H2,1-3H3,(H,12,13). The summed E-state index contributed by atoms with van der Waals surface area (Å²) in [5.74, 6) is -0.275.